The summed E-state index contributed by atoms with van der Waals surface area (Å²) in [6.07, 6.45) is 4.36. The molecule has 1 amide bonds. The summed E-state index contributed by atoms with van der Waals surface area (Å²) in [6, 6.07) is 8.05. The molecule has 2 rings (SSSR count). The van der Waals surface area contributed by atoms with Crippen molar-refractivity contribution in [1.29, 1.82) is 0 Å². The number of carbonyl (C=O) groups excluding carboxylic acids is 1. The highest BCUT2D eigenvalue weighted by Crippen LogP contribution is 2.31. The molecule has 0 fully saturated rings. The van der Waals surface area contributed by atoms with Gasteiger partial charge in [0.2, 0.25) is 5.91 Å². The van der Waals surface area contributed by atoms with Crippen molar-refractivity contribution >= 4 is 11.6 Å². The number of nitrogens with zero attached hydrogens (tertiary/aromatic N) is 1. The summed E-state index contributed by atoms with van der Waals surface area (Å²) in [7, 11) is 0. The van der Waals surface area contributed by atoms with Crippen molar-refractivity contribution in [3.8, 4) is 0 Å². The summed E-state index contributed by atoms with van der Waals surface area (Å²) in [4.78, 5) is 14.4. The maximum Gasteiger partial charge on any atom is 0.229 e. The van der Waals surface area contributed by atoms with Gasteiger partial charge in [-0.25, -0.2) is 0 Å². The molecule has 0 unspecified atom stereocenters. The summed E-state index contributed by atoms with van der Waals surface area (Å²) in [5.41, 5.74) is 1.42. The lowest BCUT2D eigenvalue weighted by Gasteiger charge is -2.29. The second-order valence-corrected chi connectivity index (χ2v) is 5.83. The van der Waals surface area contributed by atoms with Gasteiger partial charge in [-0.3, -0.25) is 4.79 Å². The number of anilines is 1. The minimum absolute atomic E-state index is 0.0550. The van der Waals surface area contributed by atoms with Crippen LogP contribution < -0.4 is 4.90 Å². The first-order valence-electron chi connectivity index (χ1n) is 7.70. The van der Waals surface area contributed by atoms with Crippen molar-refractivity contribution in [3.63, 3.8) is 0 Å². The number of hydrogen-bond donors (Lipinski definition) is 1. The molecule has 0 aliphatic carbocycles. The summed E-state index contributed by atoms with van der Waals surface area (Å²) in [5.74, 6) is 0.0550. The van der Waals surface area contributed by atoms with Gasteiger partial charge in [0, 0.05) is 12.2 Å². The van der Waals surface area contributed by atoms with E-state index in [0.29, 0.717) is 12.8 Å². The second-order valence-electron chi connectivity index (χ2n) is 5.83. The molecule has 110 valence electrons. The number of hydrogen-bond acceptors (Lipinski definition) is 2. The van der Waals surface area contributed by atoms with Crippen LogP contribution in [0.4, 0.5) is 5.69 Å². The fourth-order valence-corrected chi connectivity index (χ4v) is 3.21. The van der Waals surface area contributed by atoms with E-state index in [-0.39, 0.29) is 12.3 Å². The van der Waals surface area contributed by atoms with Crippen molar-refractivity contribution in [2.75, 3.05) is 11.4 Å². The molecule has 1 aliphatic heterocycles. The third-order valence-electron chi connectivity index (χ3n) is 4.10. The van der Waals surface area contributed by atoms with Gasteiger partial charge in [-0.2, -0.15) is 0 Å². The standard InChI is InChI=1S/C17H25NO2/c1-3-10-17(20,11-4-2)13-16(19)18-12-9-14-7-5-6-8-15(14)18/h5-8,20H,3-4,9-13H2,1-2H3. The molecule has 0 atom stereocenters. The summed E-state index contributed by atoms with van der Waals surface area (Å²) in [6.45, 7) is 4.85. The highest BCUT2D eigenvalue weighted by molar-refractivity contribution is 5.96. The predicted molar refractivity (Wildman–Crippen MR) is 81.9 cm³/mol. The Morgan fingerprint density at radius 1 is 1.25 bits per heavy atom. The average molecular weight is 275 g/mol. The Labute approximate surface area is 121 Å². The molecule has 1 N–H and O–H groups in total. The lowest BCUT2D eigenvalue weighted by molar-refractivity contribution is -0.124. The SMILES string of the molecule is CCCC(O)(CCC)CC(=O)N1CCc2ccccc21. The van der Waals surface area contributed by atoms with E-state index < -0.39 is 5.60 Å². The van der Waals surface area contributed by atoms with E-state index in [2.05, 4.69) is 19.9 Å². The molecule has 0 saturated heterocycles. The minimum atomic E-state index is -0.835. The topological polar surface area (TPSA) is 40.5 Å². The molecule has 3 nitrogen and oxygen atoms in total. The molecule has 1 aromatic rings. The number of fused-ring (bicyclic) bond motifs is 1. The number of rotatable bonds is 6. The first-order chi connectivity index (χ1) is 9.59. The summed E-state index contributed by atoms with van der Waals surface area (Å²) >= 11 is 0. The Kier molecular flexibility index (Phi) is 4.81. The largest absolute Gasteiger partial charge is 0.389 e. The molecular weight excluding hydrogens is 250 g/mol. The first-order valence-corrected chi connectivity index (χ1v) is 7.70. The van der Waals surface area contributed by atoms with Crippen LogP contribution in [0.5, 0.6) is 0 Å². The van der Waals surface area contributed by atoms with Crippen molar-refractivity contribution < 1.29 is 9.90 Å². The van der Waals surface area contributed by atoms with Gasteiger partial charge in [0.15, 0.2) is 0 Å². The minimum Gasteiger partial charge on any atom is -0.389 e. The van der Waals surface area contributed by atoms with Crippen LogP contribution in [-0.4, -0.2) is 23.2 Å². The molecule has 0 spiro atoms. The number of carbonyl (C=O) groups is 1. The number of benzene rings is 1. The van der Waals surface area contributed by atoms with E-state index in [1.165, 1.54) is 5.56 Å². The van der Waals surface area contributed by atoms with Crippen LogP contribution in [0.1, 0.15) is 51.5 Å². The maximum absolute atomic E-state index is 12.5. The lowest BCUT2D eigenvalue weighted by atomic mass is 9.89. The molecule has 3 heteroatoms. The molecule has 20 heavy (non-hydrogen) atoms. The highest BCUT2D eigenvalue weighted by atomic mass is 16.3. The van der Waals surface area contributed by atoms with Crippen LogP contribution in [0.2, 0.25) is 0 Å². The zero-order valence-electron chi connectivity index (χ0n) is 12.6. The highest BCUT2D eigenvalue weighted by Gasteiger charge is 2.32. The molecule has 1 heterocycles. The summed E-state index contributed by atoms with van der Waals surface area (Å²) in [5, 5.41) is 10.6. The third kappa shape index (κ3) is 3.21. The first kappa shape index (κ1) is 15.0. The van der Waals surface area contributed by atoms with Crippen LogP contribution >= 0.6 is 0 Å². The number of aliphatic hydroxyl groups is 1. The van der Waals surface area contributed by atoms with Gasteiger partial charge in [0.25, 0.3) is 0 Å². The zero-order chi connectivity index (χ0) is 14.6. The monoisotopic (exact) mass is 275 g/mol. The maximum atomic E-state index is 12.5. The third-order valence-corrected chi connectivity index (χ3v) is 4.10. The van der Waals surface area contributed by atoms with Gasteiger partial charge < -0.3 is 10.0 Å². The smallest absolute Gasteiger partial charge is 0.229 e. The van der Waals surface area contributed by atoms with Crippen LogP contribution in [-0.2, 0) is 11.2 Å². The van der Waals surface area contributed by atoms with E-state index >= 15 is 0 Å². The second kappa shape index (κ2) is 6.40. The Morgan fingerprint density at radius 3 is 2.55 bits per heavy atom. The molecule has 1 aromatic carbocycles. The Hall–Kier alpha value is -1.35. The van der Waals surface area contributed by atoms with Gasteiger partial charge >= 0.3 is 0 Å². The summed E-state index contributed by atoms with van der Waals surface area (Å²) < 4.78 is 0. The lowest BCUT2D eigenvalue weighted by Crippen LogP contribution is -2.38. The van der Waals surface area contributed by atoms with E-state index in [0.717, 1.165) is 31.5 Å². The number of amides is 1. The quantitative estimate of drug-likeness (QED) is 0.865. The van der Waals surface area contributed by atoms with Crippen LogP contribution in [0.25, 0.3) is 0 Å². The van der Waals surface area contributed by atoms with Gasteiger partial charge in [0.05, 0.1) is 12.0 Å². The Bertz CT molecular complexity index is 464. The van der Waals surface area contributed by atoms with Crippen molar-refractivity contribution in [1.82, 2.24) is 0 Å². The fourth-order valence-electron chi connectivity index (χ4n) is 3.21. The van der Waals surface area contributed by atoms with E-state index in [1.54, 1.807) is 0 Å². The Balaban J connectivity index is 2.09. The van der Waals surface area contributed by atoms with Crippen molar-refractivity contribution in [2.45, 2.75) is 58.0 Å². The van der Waals surface area contributed by atoms with Gasteiger partial charge in [0.1, 0.15) is 0 Å². The molecule has 1 aliphatic rings. The normalized spacial score (nSPS) is 14.4. The van der Waals surface area contributed by atoms with Crippen LogP contribution in [0, 0.1) is 0 Å². The van der Waals surface area contributed by atoms with Gasteiger partial charge in [-0.15, -0.1) is 0 Å². The molecular formula is C17H25NO2. The van der Waals surface area contributed by atoms with Crippen LogP contribution in [0.3, 0.4) is 0 Å². The molecule has 0 saturated carbocycles. The zero-order valence-corrected chi connectivity index (χ0v) is 12.6. The number of para-hydroxylation sites is 1. The molecule has 0 radical (unpaired) electrons. The molecule has 0 bridgehead atoms. The molecule has 0 aromatic heterocycles. The van der Waals surface area contributed by atoms with E-state index in [9.17, 15) is 9.90 Å². The fraction of sp³-hybridized carbons (Fsp3) is 0.588. The van der Waals surface area contributed by atoms with Crippen LogP contribution in [0.15, 0.2) is 24.3 Å². The van der Waals surface area contributed by atoms with Crippen molar-refractivity contribution in [2.24, 2.45) is 0 Å². The van der Waals surface area contributed by atoms with E-state index in [4.69, 9.17) is 0 Å². The Morgan fingerprint density at radius 2 is 1.90 bits per heavy atom. The van der Waals surface area contributed by atoms with Gasteiger partial charge in [-0.1, -0.05) is 44.9 Å². The predicted octanol–water partition coefficient (Wildman–Crippen LogP) is 3.30. The van der Waals surface area contributed by atoms with E-state index in [1.807, 2.05) is 23.1 Å². The van der Waals surface area contributed by atoms with Gasteiger partial charge in [-0.05, 0) is 30.9 Å². The van der Waals surface area contributed by atoms with Crippen molar-refractivity contribution in [3.05, 3.63) is 29.8 Å². The average Bonchev–Trinajstić information content (AvgIpc) is 2.82.